The number of nitrogens with zero attached hydrogens (tertiary/aromatic N) is 2. The van der Waals surface area contributed by atoms with Gasteiger partial charge in [0.05, 0.1) is 12.2 Å². The number of nitrogens with one attached hydrogen (secondary N) is 2. The van der Waals surface area contributed by atoms with E-state index in [9.17, 15) is 9.59 Å². The van der Waals surface area contributed by atoms with Crippen LogP contribution in [0, 0.1) is 6.92 Å². The van der Waals surface area contributed by atoms with Crippen LogP contribution in [0.4, 0.5) is 17.2 Å². The maximum absolute atomic E-state index is 12.6. The van der Waals surface area contributed by atoms with Crippen LogP contribution in [0.1, 0.15) is 23.3 Å². The van der Waals surface area contributed by atoms with E-state index in [1.54, 1.807) is 24.2 Å². The summed E-state index contributed by atoms with van der Waals surface area (Å²) in [4.78, 5) is 30.0. The van der Waals surface area contributed by atoms with Crippen molar-refractivity contribution in [2.45, 2.75) is 19.9 Å². The quantitative estimate of drug-likeness (QED) is 0.454. The van der Waals surface area contributed by atoms with Crippen molar-refractivity contribution < 1.29 is 14.0 Å². The summed E-state index contributed by atoms with van der Waals surface area (Å²) in [5.41, 5.74) is 9.86. The standard InChI is InChI=1S/C22H23N5O3/c1-13-18(30-17-5-3-4-15(23)21(13)17)12-27(2)20(29)7-6-14-10-16-22(25-11-14)26-19(28)8-9-24-16/h3-7,10-11,24H,8-9,12,23H2,1-2H3,(H,25,26,28)/b7-6+. The van der Waals surface area contributed by atoms with E-state index in [0.29, 0.717) is 36.8 Å². The molecule has 30 heavy (non-hydrogen) atoms. The molecule has 2 amide bonds. The van der Waals surface area contributed by atoms with Gasteiger partial charge in [-0.2, -0.15) is 0 Å². The summed E-state index contributed by atoms with van der Waals surface area (Å²) in [7, 11) is 1.72. The Hall–Kier alpha value is -3.81. The molecule has 1 aliphatic rings. The second-order valence-electron chi connectivity index (χ2n) is 7.29. The SMILES string of the molecule is Cc1c(CN(C)C(=O)/C=C/c2cnc3c(c2)NCCC(=O)N3)oc2cccc(N)c12. The van der Waals surface area contributed by atoms with Gasteiger partial charge in [-0.05, 0) is 36.8 Å². The maximum atomic E-state index is 12.6. The third-order valence-electron chi connectivity index (χ3n) is 5.09. The van der Waals surface area contributed by atoms with Gasteiger partial charge in [-0.3, -0.25) is 9.59 Å². The number of carbonyl (C=O) groups excluding carboxylic acids is 2. The fourth-order valence-electron chi connectivity index (χ4n) is 3.43. The van der Waals surface area contributed by atoms with Gasteiger partial charge < -0.3 is 25.7 Å². The lowest BCUT2D eigenvalue weighted by Gasteiger charge is -2.14. The summed E-state index contributed by atoms with van der Waals surface area (Å²) in [5, 5.41) is 6.80. The predicted molar refractivity (Wildman–Crippen MR) is 117 cm³/mol. The fourth-order valence-corrected chi connectivity index (χ4v) is 3.43. The number of anilines is 3. The Kier molecular flexibility index (Phi) is 5.14. The van der Waals surface area contributed by atoms with Crippen molar-refractivity contribution in [1.29, 1.82) is 0 Å². The Morgan fingerprint density at radius 3 is 3.03 bits per heavy atom. The van der Waals surface area contributed by atoms with E-state index in [4.69, 9.17) is 10.2 Å². The van der Waals surface area contributed by atoms with Crippen LogP contribution in [0.2, 0.25) is 0 Å². The van der Waals surface area contributed by atoms with Crippen molar-refractivity contribution in [3.05, 3.63) is 53.4 Å². The number of benzene rings is 1. The highest BCUT2D eigenvalue weighted by molar-refractivity contribution is 5.96. The number of rotatable bonds is 4. The molecule has 1 aliphatic heterocycles. The molecule has 3 aromatic rings. The van der Waals surface area contributed by atoms with Gasteiger partial charge in [0, 0.05) is 48.9 Å². The zero-order valence-corrected chi connectivity index (χ0v) is 16.9. The summed E-state index contributed by atoms with van der Waals surface area (Å²) < 4.78 is 5.90. The molecule has 0 radical (unpaired) electrons. The zero-order valence-electron chi connectivity index (χ0n) is 16.9. The van der Waals surface area contributed by atoms with E-state index < -0.39 is 0 Å². The number of pyridine rings is 1. The molecule has 3 heterocycles. The number of fused-ring (bicyclic) bond motifs is 2. The molecule has 1 aromatic carbocycles. The van der Waals surface area contributed by atoms with Crippen LogP contribution in [0.5, 0.6) is 0 Å². The van der Waals surface area contributed by atoms with E-state index in [0.717, 1.165) is 27.8 Å². The van der Waals surface area contributed by atoms with Gasteiger partial charge in [0.1, 0.15) is 11.3 Å². The Bertz CT molecular complexity index is 1170. The van der Waals surface area contributed by atoms with Gasteiger partial charge in [-0.15, -0.1) is 0 Å². The van der Waals surface area contributed by atoms with Crippen LogP contribution in [0.15, 0.2) is 41.0 Å². The third-order valence-corrected chi connectivity index (χ3v) is 5.09. The van der Waals surface area contributed by atoms with Gasteiger partial charge in [0.2, 0.25) is 11.8 Å². The molecule has 4 N–H and O–H groups in total. The zero-order chi connectivity index (χ0) is 21.3. The molecular formula is C22H23N5O3. The Balaban J connectivity index is 1.47. The van der Waals surface area contributed by atoms with Gasteiger partial charge >= 0.3 is 0 Å². The van der Waals surface area contributed by atoms with E-state index in [2.05, 4.69) is 15.6 Å². The molecule has 8 heteroatoms. The molecule has 0 unspecified atom stereocenters. The number of hydrogen-bond acceptors (Lipinski definition) is 6. The largest absolute Gasteiger partial charge is 0.459 e. The van der Waals surface area contributed by atoms with Gasteiger partial charge in [-0.25, -0.2) is 4.98 Å². The molecule has 154 valence electrons. The minimum atomic E-state index is -0.168. The number of amides is 2. The number of nitrogens with two attached hydrogens (primary N) is 1. The normalized spacial score (nSPS) is 13.6. The van der Waals surface area contributed by atoms with E-state index in [-0.39, 0.29) is 11.8 Å². The van der Waals surface area contributed by atoms with Crippen LogP contribution in [0.25, 0.3) is 17.0 Å². The number of nitrogen functional groups attached to an aromatic ring is 1. The summed E-state index contributed by atoms with van der Waals surface area (Å²) in [6.45, 7) is 2.81. The molecule has 0 saturated carbocycles. The number of likely N-dealkylation sites (N-methyl/N-ethyl adjacent to an activating group) is 1. The molecule has 0 spiro atoms. The molecule has 2 aromatic heterocycles. The van der Waals surface area contributed by atoms with E-state index in [1.807, 2.05) is 31.2 Å². The highest BCUT2D eigenvalue weighted by Crippen LogP contribution is 2.30. The minimum absolute atomic E-state index is 0.0727. The first-order valence-corrected chi connectivity index (χ1v) is 9.66. The highest BCUT2D eigenvalue weighted by Gasteiger charge is 2.16. The molecule has 0 atom stereocenters. The van der Waals surface area contributed by atoms with Crippen molar-refractivity contribution >= 4 is 46.1 Å². The lowest BCUT2D eigenvalue weighted by atomic mass is 10.1. The maximum Gasteiger partial charge on any atom is 0.246 e. The first kappa shape index (κ1) is 19.5. The molecule has 0 fully saturated rings. The monoisotopic (exact) mass is 405 g/mol. The molecule has 0 bridgehead atoms. The van der Waals surface area contributed by atoms with E-state index >= 15 is 0 Å². The van der Waals surface area contributed by atoms with Crippen LogP contribution >= 0.6 is 0 Å². The van der Waals surface area contributed by atoms with Crippen molar-refractivity contribution in [2.75, 3.05) is 30.0 Å². The highest BCUT2D eigenvalue weighted by atomic mass is 16.3. The first-order valence-electron chi connectivity index (χ1n) is 9.66. The minimum Gasteiger partial charge on any atom is -0.459 e. The number of hydrogen-bond donors (Lipinski definition) is 3. The number of aromatic nitrogens is 1. The molecule has 0 aliphatic carbocycles. The molecule has 8 nitrogen and oxygen atoms in total. The molecule has 0 saturated heterocycles. The number of aryl methyl sites for hydroxylation is 1. The Labute approximate surface area is 173 Å². The lowest BCUT2D eigenvalue weighted by Crippen LogP contribution is -2.24. The predicted octanol–water partition coefficient (Wildman–Crippen LogP) is 3.14. The number of carbonyl (C=O) groups is 2. The van der Waals surface area contributed by atoms with Crippen LogP contribution in [0.3, 0.4) is 0 Å². The Morgan fingerprint density at radius 2 is 2.23 bits per heavy atom. The average molecular weight is 405 g/mol. The second kappa shape index (κ2) is 7.90. The van der Waals surface area contributed by atoms with Crippen molar-refractivity contribution in [3.63, 3.8) is 0 Å². The van der Waals surface area contributed by atoms with E-state index in [1.165, 1.54) is 6.08 Å². The smallest absolute Gasteiger partial charge is 0.246 e. The Morgan fingerprint density at radius 1 is 1.40 bits per heavy atom. The van der Waals surface area contributed by atoms with Gasteiger partial charge in [0.15, 0.2) is 5.82 Å². The summed E-state index contributed by atoms with van der Waals surface area (Å²) in [5.74, 6) is 0.965. The van der Waals surface area contributed by atoms with Crippen LogP contribution in [-0.4, -0.2) is 35.3 Å². The van der Waals surface area contributed by atoms with Crippen molar-refractivity contribution in [1.82, 2.24) is 9.88 Å². The van der Waals surface area contributed by atoms with Crippen LogP contribution < -0.4 is 16.4 Å². The molecular weight excluding hydrogens is 382 g/mol. The van der Waals surface area contributed by atoms with Crippen LogP contribution in [-0.2, 0) is 16.1 Å². The second-order valence-corrected chi connectivity index (χ2v) is 7.29. The third kappa shape index (κ3) is 3.84. The molecule has 4 rings (SSSR count). The fraction of sp³-hybridized carbons (Fsp3) is 0.227. The average Bonchev–Trinajstić information content (AvgIpc) is 2.91. The summed E-state index contributed by atoms with van der Waals surface area (Å²) in [6, 6.07) is 7.40. The van der Waals surface area contributed by atoms with Crippen molar-refractivity contribution in [2.24, 2.45) is 0 Å². The topological polar surface area (TPSA) is 113 Å². The lowest BCUT2D eigenvalue weighted by molar-refractivity contribution is -0.125. The number of furan rings is 1. The summed E-state index contributed by atoms with van der Waals surface area (Å²) >= 11 is 0. The van der Waals surface area contributed by atoms with Gasteiger partial charge in [-0.1, -0.05) is 6.07 Å². The first-order chi connectivity index (χ1) is 14.4. The van der Waals surface area contributed by atoms with Crippen molar-refractivity contribution in [3.8, 4) is 0 Å². The van der Waals surface area contributed by atoms with Gasteiger partial charge in [0.25, 0.3) is 0 Å². The summed E-state index contributed by atoms with van der Waals surface area (Å²) in [6.07, 6.45) is 5.19.